The fraction of sp³-hybridized carbons (Fsp3) is 0.238. The molecule has 1 unspecified atom stereocenters. The first-order valence-electron chi connectivity index (χ1n) is 8.81. The molecule has 0 bridgehead atoms. The lowest BCUT2D eigenvalue weighted by Crippen LogP contribution is -2.32. The smallest absolute Gasteiger partial charge is 0.147 e. The fourth-order valence-electron chi connectivity index (χ4n) is 3.19. The Morgan fingerprint density at radius 3 is 2.07 bits per heavy atom. The first-order chi connectivity index (χ1) is 13.1. The number of benzene rings is 2. The molecule has 1 aliphatic heterocycles. The van der Waals surface area contributed by atoms with Gasteiger partial charge in [-0.3, -0.25) is 4.98 Å². The molecule has 0 amide bonds. The van der Waals surface area contributed by atoms with Gasteiger partial charge in [0.15, 0.2) is 0 Å². The Morgan fingerprint density at radius 2 is 1.52 bits per heavy atom. The van der Waals surface area contributed by atoms with Gasteiger partial charge in [0.25, 0.3) is 0 Å². The van der Waals surface area contributed by atoms with Crippen molar-refractivity contribution in [2.45, 2.75) is 12.5 Å². The van der Waals surface area contributed by atoms with E-state index in [0.717, 1.165) is 41.4 Å². The van der Waals surface area contributed by atoms with Crippen molar-refractivity contribution in [1.29, 1.82) is 0 Å². The second kappa shape index (κ2) is 7.85. The SMILES string of the molecule is CN(c1cnc(-c2ccc(Cl)cc2)c(-c2ccc(Cl)cc2)n1)C1CCOC1. The number of aromatic nitrogens is 2. The summed E-state index contributed by atoms with van der Waals surface area (Å²) in [6, 6.07) is 15.6. The van der Waals surface area contributed by atoms with E-state index < -0.39 is 0 Å². The standard InChI is InChI=1S/C21H19Cl2N3O/c1-26(18-10-11-27-13-18)19-12-24-20(14-2-6-16(22)7-3-14)21(25-19)15-4-8-17(23)9-5-15/h2-9,12,18H,10-11,13H2,1H3. The van der Waals surface area contributed by atoms with Gasteiger partial charge in [0.05, 0.1) is 30.2 Å². The number of hydrogen-bond donors (Lipinski definition) is 0. The molecule has 0 N–H and O–H groups in total. The maximum Gasteiger partial charge on any atom is 0.147 e. The number of ether oxygens (including phenoxy) is 1. The predicted octanol–water partition coefficient (Wildman–Crippen LogP) is 5.34. The average molecular weight is 400 g/mol. The summed E-state index contributed by atoms with van der Waals surface area (Å²) in [7, 11) is 2.04. The normalized spacial score (nSPS) is 16.5. The minimum Gasteiger partial charge on any atom is -0.379 e. The molecule has 1 saturated heterocycles. The molecule has 4 rings (SSSR count). The highest BCUT2D eigenvalue weighted by atomic mass is 35.5. The van der Waals surface area contributed by atoms with Crippen LogP contribution in [0, 0.1) is 0 Å². The topological polar surface area (TPSA) is 38.2 Å². The van der Waals surface area contributed by atoms with Crippen molar-refractivity contribution >= 4 is 29.0 Å². The van der Waals surface area contributed by atoms with E-state index in [0.29, 0.717) is 22.7 Å². The Hall–Kier alpha value is -2.14. The van der Waals surface area contributed by atoms with Gasteiger partial charge >= 0.3 is 0 Å². The average Bonchev–Trinajstić information content (AvgIpc) is 3.23. The van der Waals surface area contributed by atoms with Crippen LogP contribution in [-0.4, -0.2) is 36.3 Å². The summed E-state index contributed by atoms with van der Waals surface area (Å²) in [5, 5.41) is 1.38. The van der Waals surface area contributed by atoms with Gasteiger partial charge in [-0.15, -0.1) is 0 Å². The van der Waals surface area contributed by atoms with Gasteiger partial charge in [-0.2, -0.15) is 0 Å². The zero-order chi connectivity index (χ0) is 18.8. The van der Waals surface area contributed by atoms with Crippen LogP contribution in [0.2, 0.25) is 10.0 Å². The number of halogens is 2. The number of likely N-dealkylation sites (N-methyl/N-ethyl adjacent to an activating group) is 1. The minimum atomic E-state index is 0.318. The van der Waals surface area contributed by atoms with E-state index in [1.165, 1.54) is 0 Å². The van der Waals surface area contributed by atoms with Crippen LogP contribution in [0.25, 0.3) is 22.5 Å². The van der Waals surface area contributed by atoms with Gasteiger partial charge in [0.2, 0.25) is 0 Å². The monoisotopic (exact) mass is 399 g/mol. The summed E-state index contributed by atoms with van der Waals surface area (Å²) in [5.41, 5.74) is 3.57. The Labute approximate surface area is 168 Å². The molecule has 1 aliphatic rings. The van der Waals surface area contributed by atoms with E-state index in [4.69, 9.17) is 37.9 Å². The van der Waals surface area contributed by atoms with E-state index in [1.54, 1.807) is 0 Å². The number of anilines is 1. The second-order valence-corrected chi connectivity index (χ2v) is 7.44. The fourth-order valence-corrected chi connectivity index (χ4v) is 3.44. The zero-order valence-electron chi connectivity index (χ0n) is 14.9. The van der Waals surface area contributed by atoms with E-state index in [1.807, 2.05) is 61.8 Å². The summed E-state index contributed by atoms with van der Waals surface area (Å²) >= 11 is 12.1. The van der Waals surface area contributed by atoms with Crippen LogP contribution in [0.1, 0.15) is 6.42 Å². The van der Waals surface area contributed by atoms with Gasteiger partial charge < -0.3 is 9.64 Å². The first kappa shape index (κ1) is 18.2. The number of hydrogen-bond acceptors (Lipinski definition) is 4. The summed E-state index contributed by atoms with van der Waals surface area (Å²) in [5.74, 6) is 0.827. The van der Waals surface area contributed by atoms with Crippen molar-refractivity contribution in [1.82, 2.24) is 9.97 Å². The quantitative estimate of drug-likeness (QED) is 0.592. The molecule has 2 heterocycles. The van der Waals surface area contributed by atoms with Crippen molar-refractivity contribution < 1.29 is 4.74 Å². The molecular weight excluding hydrogens is 381 g/mol. The molecular formula is C21H19Cl2N3O. The second-order valence-electron chi connectivity index (χ2n) is 6.57. The number of nitrogens with zero attached hydrogens (tertiary/aromatic N) is 3. The van der Waals surface area contributed by atoms with Crippen LogP contribution in [0.5, 0.6) is 0 Å². The van der Waals surface area contributed by atoms with Crippen LogP contribution in [0.15, 0.2) is 54.7 Å². The molecule has 1 fully saturated rings. The van der Waals surface area contributed by atoms with Crippen molar-refractivity contribution in [3.63, 3.8) is 0 Å². The summed E-state index contributed by atoms with van der Waals surface area (Å²) in [4.78, 5) is 11.8. The van der Waals surface area contributed by atoms with Crippen molar-refractivity contribution in [3.8, 4) is 22.5 Å². The van der Waals surface area contributed by atoms with Crippen molar-refractivity contribution in [2.24, 2.45) is 0 Å². The lowest BCUT2D eigenvalue weighted by atomic mass is 10.0. The van der Waals surface area contributed by atoms with E-state index in [9.17, 15) is 0 Å². The number of rotatable bonds is 4. The lowest BCUT2D eigenvalue weighted by molar-refractivity contribution is 0.193. The van der Waals surface area contributed by atoms with Crippen LogP contribution >= 0.6 is 23.2 Å². The third-order valence-electron chi connectivity index (χ3n) is 4.81. The van der Waals surface area contributed by atoms with E-state index in [2.05, 4.69) is 4.90 Å². The molecule has 3 aromatic rings. The highest BCUT2D eigenvalue weighted by molar-refractivity contribution is 6.31. The Kier molecular flexibility index (Phi) is 5.30. The van der Waals surface area contributed by atoms with E-state index in [-0.39, 0.29) is 0 Å². The Bertz CT molecular complexity index is 923. The first-order valence-corrected chi connectivity index (χ1v) is 9.57. The molecule has 2 aromatic carbocycles. The van der Waals surface area contributed by atoms with Crippen molar-refractivity contribution in [3.05, 3.63) is 64.8 Å². The van der Waals surface area contributed by atoms with Gasteiger partial charge in [0, 0.05) is 34.8 Å². The van der Waals surface area contributed by atoms with Crippen LogP contribution in [0.3, 0.4) is 0 Å². The lowest BCUT2D eigenvalue weighted by Gasteiger charge is -2.25. The third kappa shape index (κ3) is 3.93. The molecule has 1 atom stereocenters. The van der Waals surface area contributed by atoms with Crippen LogP contribution in [0.4, 0.5) is 5.82 Å². The minimum absolute atomic E-state index is 0.318. The molecule has 27 heavy (non-hydrogen) atoms. The van der Waals surface area contributed by atoms with Gasteiger partial charge in [-0.05, 0) is 30.7 Å². The van der Waals surface area contributed by atoms with Crippen LogP contribution in [-0.2, 0) is 4.74 Å². The predicted molar refractivity (Wildman–Crippen MR) is 111 cm³/mol. The van der Waals surface area contributed by atoms with Crippen LogP contribution < -0.4 is 4.90 Å². The van der Waals surface area contributed by atoms with Crippen molar-refractivity contribution in [2.75, 3.05) is 25.2 Å². The summed E-state index contributed by atoms with van der Waals surface area (Å²) < 4.78 is 5.51. The Balaban J connectivity index is 1.80. The van der Waals surface area contributed by atoms with E-state index >= 15 is 0 Å². The molecule has 0 saturated carbocycles. The zero-order valence-corrected chi connectivity index (χ0v) is 16.4. The molecule has 0 aliphatic carbocycles. The van der Waals surface area contributed by atoms with Gasteiger partial charge in [0.1, 0.15) is 5.82 Å². The largest absolute Gasteiger partial charge is 0.379 e. The van der Waals surface area contributed by atoms with Gasteiger partial charge in [-0.25, -0.2) is 4.98 Å². The maximum atomic E-state index is 6.07. The molecule has 4 nitrogen and oxygen atoms in total. The molecule has 6 heteroatoms. The highest BCUT2D eigenvalue weighted by Crippen LogP contribution is 2.32. The third-order valence-corrected chi connectivity index (χ3v) is 5.31. The maximum absolute atomic E-state index is 6.07. The molecule has 1 aromatic heterocycles. The highest BCUT2D eigenvalue weighted by Gasteiger charge is 2.23. The molecule has 0 spiro atoms. The Morgan fingerprint density at radius 1 is 0.926 bits per heavy atom. The van der Waals surface area contributed by atoms with Gasteiger partial charge in [-0.1, -0.05) is 47.5 Å². The molecule has 138 valence electrons. The summed E-state index contributed by atoms with van der Waals surface area (Å²) in [6.45, 7) is 1.50. The summed E-state index contributed by atoms with van der Waals surface area (Å²) in [6.07, 6.45) is 2.81. The molecule has 0 radical (unpaired) electrons.